The number of rotatable bonds is 14. The van der Waals surface area contributed by atoms with Gasteiger partial charge in [-0.25, -0.2) is 18.1 Å². The minimum Gasteiger partial charge on any atom is -0.495 e. The number of methoxy groups -OCH3 is 1. The van der Waals surface area contributed by atoms with Gasteiger partial charge in [-0.2, -0.15) is 0 Å². The van der Waals surface area contributed by atoms with Crippen molar-refractivity contribution in [2.45, 2.75) is 76.7 Å². The molecular formula is C24H37N5O4S. The van der Waals surface area contributed by atoms with E-state index in [1.54, 1.807) is 19.1 Å². The second kappa shape index (κ2) is 12.7. The molecule has 10 heteroatoms. The highest BCUT2D eigenvalue weighted by Crippen LogP contribution is 2.25. The predicted octanol–water partition coefficient (Wildman–Crippen LogP) is 3.83. The third-order valence-corrected chi connectivity index (χ3v) is 7.18. The van der Waals surface area contributed by atoms with E-state index in [0.717, 1.165) is 25.7 Å². The Morgan fingerprint density at radius 1 is 1.24 bits per heavy atom. The zero-order valence-corrected chi connectivity index (χ0v) is 21.6. The van der Waals surface area contributed by atoms with Crippen molar-refractivity contribution in [3.63, 3.8) is 0 Å². The fourth-order valence-electron chi connectivity index (χ4n) is 3.79. The van der Waals surface area contributed by atoms with Crippen LogP contribution in [-0.4, -0.2) is 44.3 Å². The van der Waals surface area contributed by atoms with E-state index in [1.807, 2.05) is 0 Å². The fraction of sp³-hybridized carbons (Fsp3) is 0.542. The van der Waals surface area contributed by atoms with E-state index in [9.17, 15) is 13.2 Å². The molecule has 0 amide bonds. The zero-order valence-electron chi connectivity index (χ0n) is 20.7. The third kappa shape index (κ3) is 7.14. The van der Waals surface area contributed by atoms with Gasteiger partial charge in [0, 0.05) is 18.2 Å². The average Bonchev–Trinajstić information content (AvgIpc) is 2.80. The van der Waals surface area contributed by atoms with E-state index in [0.29, 0.717) is 17.2 Å². The maximum absolute atomic E-state index is 12.8. The molecule has 0 saturated carbocycles. The van der Waals surface area contributed by atoms with Crippen LogP contribution in [0, 0.1) is 5.41 Å². The molecule has 34 heavy (non-hydrogen) atoms. The molecule has 1 aromatic heterocycles. The molecule has 4 N–H and O–H groups in total. The molecule has 1 unspecified atom stereocenters. The lowest BCUT2D eigenvalue weighted by molar-refractivity contribution is 0.402. The van der Waals surface area contributed by atoms with Crippen LogP contribution in [0.25, 0.3) is 0 Å². The second-order valence-electron chi connectivity index (χ2n) is 8.33. The number of ether oxygens (including phenoxy) is 1. The summed E-state index contributed by atoms with van der Waals surface area (Å²) < 4.78 is 32.3. The number of nitrogens with zero attached hydrogens (tertiary/aromatic N) is 1. The quantitative estimate of drug-likeness (QED) is 0.234. The molecule has 0 bridgehead atoms. The summed E-state index contributed by atoms with van der Waals surface area (Å²) in [4.78, 5) is 20.2. The molecule has 0 aliphatic carbocycles. The summed E-state index contributed by atoms with van der Waals surface area (Å²) in [5.41, 5.74) is 0.617. The molecule has 1 heterocycles. The van der Waals surface area contributed by atoms with E-state index in [1.165, 1.54) is 33.1 Å². The molecule has 1 aromatic carbocycles. The van der Waals surface area contributed by atoms with Gasteiger partial charge in [0.1, 0.15) is 27.9 Å². The number of aromatic nitrogens is 2. The van der Waals surface area contributed by atoms with Crippen LogP contribution in [0.5, 0.6) is 5.75 Å². The lowest BCUT2D eigenvalue weighted by Crippen LogP contribution is -2.27. The van der Waals surface area contributed by atoms with Crippen molar-refractivity contribution >= 4 is 21.6 Å². The number of sulfonamides is 1. The maximum Gasteiger partial charge on any atom is 0.262 e. The summed E-state index contributed by atoms with van der Waals surface area (Å²) >= 11 is 0. The maximum atomic E-state index is 12.8. The lowest BCUT2D eigenvalue weighted by atomic mass is 10.0. The SMILES string of the molecule is CCCCCCC(CC)Nc1nc(Cc2ccc(OC)c(S(=O)(=O)NC)c2)[nH]c(=O)c1C(C)=N. The van der Waals surface area contributed by atoms with Crippen molar-refractivity contribution in [1.82, 2.24) is 14.7 Å². The van der Waals surface area contributed by atoms with Crippen molar-refractivity contribution in [2.24, 2.45) is 0 Å². The van der Waals surface area contributed by atoms with Crippen LogP contribution in [0.2, 0.25) is 0 Å². The molecule has 9 nitrogen and oxygen atoms in total. The summed E-state index contributed by atoms with van der Waals surface area (Å²) in [5.74, 6) is 1.01. The Bertz CT molecular complexity index is 1140. The molecule has 188 valence electrons. The highest BCUT2D eigenvalue weighted by atomic mass is 32.2. The highest BCUT2D eigenvalue weighted by Gasteiger charge is 2.20. The number of unbranched alkanes of at least 4 members (excludes halogenated alkanes) is 3. The molecule has 2 aromatic rings. The van der Waals surface area contributed by atoms with E-state index in [2.05, 4.69) is 33.9 Å². The van der Waals surface area contributed by atoms with E-state index < -0.39 is 15.6 Å². The number of nitrogens with one attached hydrogen (secondary N) is 4. The molecule has 0 fully saturated rings. The topological polar surface area (TPSA) is 137 Å². The van der Waals surface area contributed by atoms with Gasteiger partial charge in [0.05, 0.1) is 7.11 Å². The lowest BCUT2D eigenvalue weighted by Gasteiger charge is -2.20. The largest absolute Gasteiger partial charge is 0.495 e. The predicted molar refractivity (Wildman–Crippen MR) is 136 cm³/mol. The van der Waals surface area contributed by atoms with Crippen LogP contribution >= 0.6 is 0 Å². The van der Waals surface area contributed by atoms with E-state index in [-0.39, 0.29) is 34.4 Å². The third-order valence-electron chi connectivity index (χ3n) is 5.74. The molecule has 1 atom stereocenters. The minimum absolute atomic E-state index is 0.0146. The molecule has 0 saturated heterocycles. The number of hydrogen-bond donors (Lipinski definition) is 4. The molecule has 0 aliphatic rings. The normalized spacial score (nSPS) is 12.4. The number of hydrogen-bond acceptors (Lipinski definition) is 7. The van der Waals surface area contributed by atoms with Crippen LogP contribution in [0.3, 0.4) is 0 Å². The average molecular weight is 492 g/mol. The first-order valence-corrected chi connectivity index (χ1v) is 13.2. The van der Waals surface area contributed by atoms with Crippen molar-refractivity contribution in [2.75, 3.05) is 19.5 Å². The standard InChI is InChI=1S/C24H37N5O4S/c1-6-8-9-10-11-18(7-2)27-23-22(16(3)25)24(30)29-21(28-23)15-17-12-13-19(33-5)20(14-17)34(31,32)26-4/h12-14,18,25-26H,6-11,15H2,1-5H3,(H2,27,28,29,30). The number of anilines is 1. The van der Waals surface area contributed by atoms with Crippen molar-refractivity contribution < 1.29 is 13.2 Å². The Hall–Kier alpha value is -2.72. The van der Waals surface area contributed by atoms with Crippen LogP contribution in [0.4, 0.5) is 5.82 Å². The van der Waals surface area contributed by atoms with Crippen molar-refractivity contribution in [3.05, 3.63) is 45.5 Å². The number of H-pyrrole nitrogens is 1. The van der Waals surface area contributed by atoms with Crippen LogP contribution < -0.4 is 20.3 Å². The fourth-order valence-corrected chi connectivity index (χ4v) is 4.73. The van der Waals surface area contributed by atoms with E-state index >= 15 is 0 Å². The number of benzene rings is 1. The van der Waals surface area contributed by atoms with Gasteiger partial charge < -0.3 is 20.4 Å². The Kier molecular flexibility index (Phi) is 10.2. The molecule has 0 radical (unpaired) electrons. The summed E-state index contributed by atoms with van der Waals surface area (Å²) in [6.07, 6.45) is 6.66. The molecular weight excluding hydrogens is 454 g/mol. The Labute approximate surface area is 202 Å². The summed E-state index contributed by atoms with van der Waals surface area (Å²) in [6.45, 7) is 5.83. The van der Waals surface area contributed by atoms with Crippen molar-refractivity contribution in [1.29, 1.82) is 5.41 Å². The number of aromatic amines is 1. The van der Waals surface area contributed by atoms with Gasteiger partial charge in [-0.05, 0) is 44.5 Å². The minimum atomic E-state index is -3.73. The van der Waals surface area contributed by atoms with Gasteiger partial charge in [0.25, 0.3) is 5.56 Å². The monoisotopic (exact) mass is 491 g/mol. The van der Waals surface area contributed by atoms with Gasteiger partial charge in [0.15, 0.2) is 0 Å². The first-order chi connectivity index (χ1) is 16.2. The Balaban J connectivity index is 2.39. The van der Waals surface area contributed by atoms with E-state index in [4.69, 9.17) is 10.1 Å². The highest BCUT2D eigenvalue weighted by molar-refractivity contribution is 7.89. The second-order valence-corrected chi connectivity index (χ2v) is 10.2. The van der Waals surface area contributed by atoms with Gasteiger partial charge in [-0.1, -0.05) is 45.6 Å². The van der Waals surface area contributed by atoms with Gasteiger partial charge in [0.2, 0.25) is 10.0 Å². The molecule has 0 aliphatic heterocycles. The Morgan fingerprint density at radius 3 is 2.56 bits per heavy atom. The van der Waals surface area contributed by atoms with Gasteiger partial charge in [-0.3, -0.25) is 4.79 Å². The van der Waals surface area contributed by atoms with Crippen LogP contribution in [-0.2, 0) is 16.4 Å². The van der Waals surface area contributed by atoms with Crippen LogP contribution in [0.15, 0.2) is 27.9 Å². The molecule has 0 spiro atoms. The summed E-state index contributed by atoms with van der Waals surface area (Å²) in [6, 6.07) is 4.97. The van der Waals surface area contributed by atoms with Gasteiger partial charge in [-0.15, -0.1) is 0 Å². The van der Waals surface area contributed by atoms with Crippen LogP contribution in [0.1, 0.15) is 76.2 Å². The summed E-state index contributed by atoms with van der Waals surface area (Å²) in [7, 11) is -0.986. The summed E-state index contributed by atoms with van der Waals surface area (Å²) in [5, 5.41) is 11.5. The first kappa shape index (κ1) is 27.5. The zero-order chi connectivity index (χ0) is 25.3. The smallest absolute Gasteiger partial charge is 0.262 e. The van der Waals surface area contributed by atoms with Crippen molar-refractivity contribution in [3.8, 4) is 5.75 Å². The van der Waals surface area contributed by atoms with Gasteiger partial charge >= 0.3 is 0 Å². The first-order valence-electron chi connectivity index (χ1n) is 11.7. The Morgan fingerprint density at radius 2 is 1.97 bits per heavy atom. The molecule has 2 rings (SSSR count).